The Morgan fingerprint density at radius 3 is 2.29 bits per heavy atom. The number of nitrogens with zero attached hydrogens (tertiary/aromatic N) is 3. The Balaban J connectivity index is 2.04. The zero-order chi connectivity index (χ0) is 25.5. The summed E-state index contributed by atoms with van der Waals surface area (Å²) in [6, 6.07) is 15.0. The van der Waals surface area contributed by atoms with E-state index in [4.69, 9.17) is 17.3 Å². The predicted octanol–water partition coefficient (Wildman–Crippen LogP) is 5.65. The number of anilines is 2. The fourth-order valence-electron chi connectivity index (χ4n) is 3.77. The second-order valence-electron chi connectivity index (χ2n) is 8.29. The van der Waals surface area contributed by atoms with Crippen LogP contribution in [0.3, 0.4) is 0 Å². The number of phenolic OH excluding ortho intramolecular Hbond substituents is 1. The molecule has 0 aromatic heterocycles. The summed E-state index contributed by atoms with van der Waals surface area (Å²) in [6.07, 6.45) is 4.88. The number of hydrogen-bond acceptors (Lipinski definition) is 5. The first-order chi connectivity index (χ1) is 16.8. The maximum Gasteiger partial charge on any atom is 0.218 e. The van der Waals surface area contributed by atoms with Crippen molar-refractivity contribution < 1.29 is 14.3 Å². The summed E-state index contributed by atoms with van der Waals surface area (Å²) in [5.74, 6) is -0.562. The quantitative estimate of drug-likeness (QED) is 0.280. The van der Waals surface area contributed by atoms with E-state index in [-0.39, 0.29) is 10.8 Å². The third kappa shape index (κ3) is 6.12. The molecule has 0 atom stereocenters. The maximum atomic E-state index is 14.7. The van der Waals surface area contributed by atoms with Gasteiger partial charge in [0.1, 0.15) is 11.6 Å². The molecular weight excluding hydrogens is 467 g/mol. The topological polar surface area (TPSA) is 73.0 Å². The van der Waals surface area contributed by atoms with Gasteiger partial charge in [0.05, 0.1) is 17.4 Å². The van der Waals surface area contributed by atoms with Gasteiger partial charge in [-0.3, -0.25) is 9.69 Å². The van der Waals surface area contributed by atoms with Crippen LogP contribution in [0, 0.1) is 5.82 Å². The number of nitrogens with two attached hydrogens (primary N) is 1. The van der Waals surface area contributed by atoms with E-state index in [1.165, 1.54) is 17.0 Å². The standard InChI is InChI=1S/C27H30ClFN4O2/c1-4-10-32(17-30)22-7-5-6-19(13-22)23-15-21(29)16-24(27(23)35)20-8-9-26(25(28)14-20)33(18-34)12-11-31(2)3/h5-9,11-16,18,35H,4,10,17,30H2,1-3H3/b12-11-. The van der Waals surface area contributed by atoms with Crippen LogP contribution >= 0.6 is 11.6 Å². The SMILES string of the molecule is CCCN(CN)c1cccc(-c2cc(F)cc(-c3ccc(N(C=O)/C=C\N(C)C)c(Cl)c3)c2O)c1. The van der Waals surface area contributed by atoms with Gasteiger partial charge in [-0.2, -0.15) is 0 Å². The van der Waals surface area contributed by atoms with Crippen LogP contribution in [-0.2, 0) is 4.79 Å². The Bertz CT molecular complexity index is 1220. The minimum atomic E-state index is -0.494. The summed E-state index contributed by atoms with van der Waals surface area (Å²) < 4.78 is 14.7. The van der Waals surface area contributed by atoms with Gasteiger partial charge in [0.15, 0.2) is 0 Å². The number of amides is 1. The molecule has 0 bridgehead atoms. The van der Waals surface area contributed by atoms with Crippen LogP contribution < -0.4 is 15.5 Å². The lowest BCUT2D eigenvalue weighted by molar-refractivity contribution is -0.106. The molecule has 3 N–H and O–H groups in total. The fourth-order valence-corrected chi connectivity index (χ4v) is 4.04. The molecule has 184 valence electrons. The number of rotatable bonds is 10. The minimum Gasteiger partial charge on any atom is -0.507 e. The summed E-state index contributed by atoms with van der Waals surface area (Å²) in [5.41, 5.74) is 9.09. The van der Waals surface area contributed by atoms with Crippen LogP contribution in [0.2, 0.25) is 5.02 Å². The Kier molecular flexibility index (Phi) is 8.73. The van der Waals surface area contributed by atoms with Gasteiger partial charge in [-0.05, 0) is 53.9 Å². The number of aromatic hydroxyl groups is 1. The molecule has 0 unspecified atom stereocenters. The van der Waals surface area contributed by atoms with Gasteiger partial charge < -0.3 is 20.6 Å². The molecule has 3 aromatic carbocycles. The first kappa shape index (κ1) is 26.1. The lowest BCUT2D eigenvalue weighted by Crippen LogP contribution is -2.30. The molecule has 0 aliphatic heterocycles. The highest BCUT2D eigenvalue weighted by molar-refractivity contribution is 6.34. The van der Waals surface area contributed by atoms with Gasteiger partial charge in [0.25, 0.3) is 0 Å². The van der Waals surface area contributed by atoms with Crippen LogP contribution in [0.1, 0.15) is 13.3 Å². The fraction of sp³-hybridized carbons (Fsp3) is 0.222. The lowest BCUT2D eigenvalue weighted by Gasteiger charge is -2.23. The lowest BCUT2D eigenvalue weighted by atomic mass is 9.96. The molecule has 3 aromatic rings. The number of benzene rings is 3. The third-order valence-electron chi connectivity index (χ3n) is 5.49. The summed E-state index contributed by atoms with van der Waals surface area (Å²) in [7, 11) is 3.67. The number of halogens is 2. The van der Waals surface area contributed by atoms with Crippen molar-refractivity contribution in [1.82, 2.24) is 4.90 Å². The van der Waals surface area contributed by atoms with Gasteiger partial charge in [-0.1, -0.05) is 36.7 Å². The Morgan fingerprint density at radius 1 is 1.03 bits per heavy atom. The molecule has 0 aliphatic carbocycles. The monoisotopic (exact) mass is 496 g/mol. The third-order valence-corrected chi connectivity index (χ3v) is 5.79. The molecule has 0 saturated heterocycles. The Labute approximate surface area is 210 Å². The smallest absolute Gasteiger partial charge is 0.218 e. The van der Waals surface area contributed by atoms with Gasteiger partial charge in [-0.25, -0.2) is 4.39 Å². The van der Waals surface area contributed by atoms with Gasteiger partial charge >= 0.3 is 0 Å². The van der Waals surface area contributed by atoms with Crippen molar-refractivity contribution in [3.8, 4) is 28.0 Å². The maximum absolute atomic E-state index is 14.7. The second-order valence-corrected chi connectivity index (χ2v) is 8.69. The average Bonchev–Trinajstić information content (AvgIpc) is 2.84. The van der Waals surface area contributed by atoms with E-state index < -0.39 is 5.82 Å². The summed E-state index contributed by atoms with van der Waals surface area (Å²) in [4.78, 5) is 16.7. The molecule has 0 fully saturated rings. The molecule has 0 spiro atoms. The average molecular weight is 497 g/mol. The van der Waals surface area contributed by atoms with E-state index in [1.54, 1.807) is 35.5 Å². The number of carbonyl (C=O) groups is 1. The van der Waals surface area contributed by atoms with Crippen molar-refractivity contribution in [3.63, 3.8) is 0 Å². The van der Waals surface area contributed by atoms with Crippen molar-refractivity contribution in [2.45, 2.75) is 13.3 Å². The van der Waals surface area contributed by atoms with Crippen molar-refractivity contribution >= 4 is 29.4 Å². The first-order valence-corrected chi connectivity index (χ1v) is 11.6. The van der Waals surface area contributed by atoms with Crippen LogP contribution in [0.15, 0.2) is 67.0 Å². The second kappa shape index (κ2) is 11.7. The molecule has 0 heterocycles. The van der Waals surface area contributed by atoms with Crippen LogP contribution in [0.5, 0.6) is 5.75 Å². The van der Waals surface area contributed by atoms with E-state index in [0.717, 1.165) is 18.7 Å². The summed E-state index contributed by atoms with van der Waals surface area (Å²) in [6.45, 7) is 3.21. The van der Waals surface area contributed by atoms with Crippen molar-refractivity contribution in [1.29, 1.82) is 0 Å². The molecule has 6 nitrogen and oxygen atoms in total. The van der Waals surface area contributed by atoms with Crippen molar-refractivity contribution in [2.75, 3.05) is 37.1 Å². The molecule has 0 aliphatic rings. The summed E-state index contributed by atoms with van der Waals surface area (Å²) in [5, 5.41) is 11.4. The zero-order valence-electron chi connectivity index (χ0n) is 20.1. The number of carbonyl (C=O) groups excluding carboxylic acids is 1. The molecule has 0 radical (unpaired) electrons. The van der Waals surface area contributed by atoms with Crippen LogP contribution in [0.4, 0.5) is 15.8 Å². The van der Waals surface area contributed by atoms with Gasteiger partial charge in [-0.15, -0.1) is 0 Å². The highest BCUT2D eigenvalue weighted by atomic mass is 35.5. The highest BCUT2D eigenvalue weighted by Crippen LogP contribution is 2.41. The van der Waals surface area contributed by atoms with Crippen molar-refractivity contribution in [2.24, 2.45) is 5.73 Å². The summed E-state index contributed by atoms with van der Waals surface area (Å²) >= 11 is 6.48. The van der Waals surface area contributed by atoms with Crippen molar-refractivity contribution in [3.05, 3.63) is 77.8 Å². The van der Waals surface area contributed by atoms with E-state index in [9.17, 15) is 14.3 Å². The molecule has 0 saturated carbocycles. The van der Waals surface area contributed by atoms with Crippen LogP contribution in [0.25, 0.3) is 22.3 Å². The predicted molar refractivity (Wildman–Crippen MR) is 142 cm³/mol. The molecule has 35 heavy (non-hydrogen) atoms. The van der Waals surface area contributed by atoms with E-state index in [2.05, 4.69) is 6.92 Å². The largest absolute Gasteiger partial charge is 0.507 e. The van der Waals surface area contributed by atoms with E-state index in [0.29, 0.717) is 41.0 Å². The number of phenols is 1. The Morgan fingerprint density at radius 2 is 1.71 bits per heavy atom. The zero-order valence-corrected chi connectivity index (χ0v) is 20.8. The van der Waals surface area contributed by atoms with E-state index in [1.807, 2.05) is 43.3 Å². The molecular formula is C27H30ClFN4O2. The minimum absolute atomic E-state index is 0.0677. The highest BCUT2D eigenvalue weighted by Gasteiger charge is 2.17. The normalized spacial score (nSPS) is 11.0. The van der Waals surface area contributed by atoms with Gasteiger partial charge in [0, 0.05) is 49.9 Å². The first-order valence-electron chi connectivity index (χ1n) is 11.2. The molecule has 1 amide bonds. The number of hydrogen-bond donors (Lipinski definition) is 2. The van der Waals surface area contributed by atoms with Crippen LogP contribution in [-0.4, -0.2) is 43.7 Å². The van der Waals surface area contributed by atoms with E-state index >= 15 is 0 Å². The van der Waals surface area contributed by atoms with Gasteiger partial charge in [0.2, 0.25) is 6.41 Å². The molecule has 8 heteroatoms. The molecule has 3 rings (SSSR count). The Hall–Kier alpha value is -3.55.